The molecular weight excluding hydrogens is 264 g/mol. The van der Waals surface area contributed by atoms with E-state index in [1.165, 1.54) is 5.69 Å². The van der Waals surface area contributed by atoms with Gasteiger partial charge in [0.05, 0.1) is 7.11 Å². The van der Waals surface area contributed by atoms with E-state index in [-0.39, 0.29) is 5.91 Å². The lowest BCUT2D eigenvalue weighted by Crippen LogP contribution is -2.26. The zero-order valence-corrected chi connectivity index (χ0v) is 12.6. The standard InChI is InChI=1S/C17H22N2O2/c1-19-13-5-7-15(19)9-10-17(20)18-12-11-14-6-3-4-8-16(14)21-2/h3-8,13H,9-12H2,1-2H3,(H,18,20). The average molecular weight is 286 g/mol. The molecule has 1 N–H and O–H groups in total. The van der Waals surface area contributed by atoms with E-state index in [9.17, 15) is 4.79 Å². The fourth-order valence-electron chi connectivity index (χ4n) is 2.33. The maximum Gasteiger partial charge on any atom is 0.220 e. The lowest BCUT2D eigenvalue weighted by molar-refractivity contribution is -0.121. The van der Waals surface area contributed by atoms with E-state index < -0.39 is 0 Å². The molecule has 0 fully saturated rings. The highest BCUT2D eigenvalue weighted by Crippen LogP contribution is 2.17. The van der Waals surface area contributed by atoms with Crippen molar-refractivity contribution >= 4 is 5.91 Å². The van der Waals surface area contributed by atoms with E-state index in [1.54, 1.807) is 7.11 Å². The number of ether oxygens (including phenoxy) is 1. The Morgan fingerprint density at radius 3 is 2.71 bits per heavy atom. The van der Waals surface area contributed by atoms with Gasteiger partial charge in [-0.05, 0) is 36.6 Å². The summed E-state index contributed by atoms with van der Waals surface area (Å²) < 4.78 is 7.34. The minimum Gasteiger partial charge on any atom is -0.496 e. The molecule has 0 aliphatic rings. The van der Waals surface area contributed by atoms with Crippen molar-refractivity contribution in [2.24, 2.45) is 7.05 Å². The predicted molar refractivity (Wildman–Crippen MR) is 83.4 cm³/mol. The van der Waals surface area contributed by atoms with Gasteiger partial charge in [-0.25, -0.2) is 0 Å². The minimum absolute atomic E-state index is 0.0890. The Hall–Kier alpha value is -2.23. The van der Waals surface area contributed by atoms with Crippen LogP contribution < -0.4 is 10.1 Å². The smallest absolute Gasteiger partial charge is 0.220 e. The molecule has 1 aromatic heterocycles. The van der Waals surface area contributed by atoms with Crippen LogP contribution in [-0.2, 0) is 24.7 Å². The summed E-state index contributed by atoms with van der Waals surface area (Å²) in [6.07, 6.45) is 4.06. The molecule has 0 saturated heterocycles. The second kappa shape index (κ2) is 7.53. The van der Waals surface area contributed by atoms with Crippen LogP contribution in [0.4, 0.5) is 0 Å². The van der Waals surface area contributed by atoms with Gasteiger partial charge in [-0.2, -0.15) is 0 Å². The Morgan fingerprint density at radius 1 is 1.19 bits per heavy atom. The van der Waals surface area contributed by atoms with Crippen molar-refractivity contribution in [2.45, 2.75) is 19.3 Å². The summed E-state index contributed by atoms with van der Waals surface area (Å²) in [6, 6.07) is 11.9. The number of hydrogen-bond donors (Lipinski definition) is 1. The Kier molecular flexibility index (Phi) is 5.43. The number of amides is 1. The van der Waals surface area contributed by atoms with Crippen LogP contribution >= 0.6 is 0 Å². The summed E-state index contributed by atoms with van der Waals surface area (Å²) in [5.41, 5.74) is 2.29. The predicted octanol–water partition coefficient (Wildman–Crippen LogP) is 2.33. The zero-order valence-electron chi connectivity index (χ0n) is 12.6. The van der Waals surface area contributed by atoms with Crippen LogP contribution in [0.25, 0.3) is 0 Å². The van der Waals surface area contributed by atoms with E-state index in [0.29, 0.717) is 13.0 Å². The number of nitrogens with one attached hydrogen (secondary N) is 1. The highest BCUT2D eigenvalue weighted by molar-refractivity contribution is 5.76. The first-order valence-electron chi connectivity index (χ1n) is 7.19. The van der Waals surface area contributed by atoms with Crippen molar-refractivity contribution < 1.29 is 9.53 Å². The van der Waals surface area contributed by atoms with Crippen molar-refractivity contribution in [3.05, 3.63) is 53.9 Å². The molecule has 0 spiro atoms. The molecule has 112 valence electrons. The molecule has 4 nitrogen and oxygen atoms in total. The van der Waals surface area contributed by atoms with Gasteiger partial charge in [0.25, 0.3) is 0 Å². The zero-order chi connectivity index (χ0) is 15.1. The third-order valence-corrected chi connectivity index (χ3v) is 3.57. The molecule has 0 aliphatic heterocycles. The maximum atomic E-state index is 11.8. The van der Waals surface area contributed by atoms with Gasteiger partial charge in [0.15, 0.2) is 0 Å². The van der Waals surface area contributed by atoms with E-state index in [4.69, 9.17) is 4.74 Å². The van der Waals surface area contributed by atoms with Gasteiger partial charge in [-0.1, -0.05) is 18.2 Å². The molecule has 1 aromatic carbocycles. The summed E-state index contributed by atoms with van der Waals surface area (Å²) in [6.45, 7) is 0.631. The second-order valence-corrected chi connectivity index (χ2v) is 5.02. The molecule has 1 heterocycles. The molecular formula is C17H22N2O2. The minimum atomic E-state index is 0.0890. The van der Waals surface area contributed by atoms with Gasteiger partial charge in [-0.3, -0.25) is 4.79 Å². The monoisotopic (exact) mass is 286 g/mol. The topological polar surface area (TPSA) is 43.3 Å². The summed E-state index contributed by atoms with van der Waals surface area (Å²) in [7, 11) is 3.66. The van der Waals surface area contributed by atoms with Crippen LogP contribution in [0.2, 0.25) is 0 Å². The molecule has 4 heteroatoms. The number of hydrogen-bond acceptors (Lipinski definition) is 2. The van der Waals surface area contributed by atoms with E-state index in [2.05, 4.69) is 5.32 Å². The molecule has 0 unspecified atom stereocenters. The highest BCUT2D eigenvalue weighted by Gasteiger charge is 2.05. The first kappa shape index (κ1) is 15.2. The van der Waals surface area contributed by atoms with Gasteiger partial charge >= 0.3 is 0 Å². The van der Waals surface area contributed by atoms with Gasteiger partial charge < -0.3 is 14.6 Å². The molecule has 21 heavy (non-hydrogen) atoms. The quantitative estimate of drug-likeness (QED) is 0.849. The lowest BCUT2D eigenvalue weighted by atomic mass is 10.1. The summed E-state index contributed by atoms with van der Waals surface area (Å²) in [5.74, 6) is 0.960. The molecule has 0 atom stereocenters. The van der Waals surface area contributed by atoms with Crippen LogP contribution in [-0.4, -0.2) is 24.1 Å². The number of benzene rings is 1. The van der Waals surface area contributed by atoms with Crippen LogP contribution in [0.3, 0.4) is 0 Å². The highest BCUT2D eigenvalue weighted by atomic mass is 16.5. The Balaban J connectivity index is 1.73. The number of rotatable bonds is 7. The summed E-state index contributed by atoms with van der Waals surface area (Å²) in [5, 5.41) is 2.96. The van der Waals surface area contributed by atoms with Crippen molar-refractivity contribution in [1.29, 1.82) is 0 Å². The van der Waals surface area contributed by atoms with E-state index in [1.807, 2.05) is 54.2 Å². The third-order valence-electron chi connectivity index (χ3n) is 3.57. The van der Waals surface area contributed by atoms with Crippen LogP contribution in [0.5, 0.6) is 5.75 Å². The van der Waals surface area contributed by atoms with Crippen molar-refractivity contribution in [1.82, 2.24) is 9.88 Å². The fourth-order valence-corrected chi connectivity index (χ4v) is 2.33. The number of carbonyl (C=O) groups excluding carboxylic acids is 1. The van der Waals surface area contributed by atoms with Gasteiger partial charge in [-0.15, -0.1) is 0 Å². The normalized spacial score (nSPS) is 10.4. The first-order valence-corrected chi connectivity index (χ1v) is 7.19. The lowest BCUT2D eigenvalue weighted by Gasteiger charge is -2.09. The van der Waals surface area contributed by atoms with Crippen molar-refractivity contribution in [2.75, 3.05) is 13.7 Å². The number of nitrogens with zero attached hydrogens (tertiary/aromatic N) is 1. The second-order valence-electron chi connectivity index (χ2n) is 5.02. The number of aromatic nitrogens is 1. The third kappa shape index (κ3) is 4.38. The number of carbonyl (C=O) groups is 1. The Bertz CT molecular complexity index is 590. The first-order chi connectivity index (χ1) is 10.2. The van der Waals surface area contributed by atoms with Gasteiger partial charge in [0.2, 0.25) is 5.91 Å². The summed E-state index contributed by atoms with van der Waals surface area (Å²) in [4.78, 5) is 11.8. The molecule has 0 radical (unpaired) electrons. The SMILES string of the molecule is COc1ccccc1CCNC(=O)CCc1cccn1C. The van der Waals surface area contributed by atoms with Crippen LogP contribution in [0.15, 0.2) is 42.6 Å². The van der Waals surface area contributed by atoms with Crippen LogP contribution in [0, 0.1) is 0 Å². The molecule has 0 saturated carbocycles. The molecule has 0 bridgehead atoms. The number of methoxy groups -OCH3 is 1. The molecule has 1 amide bonds. The average Bonchev–Trinajstić information content (AvgIpc) is 2.91. The van der Waals surface area contributed by atoms with Gasteiger partial charge in [0, 0.05) is 31.9 Å². The number of aryl methyl sites for hydroxylation is 2. The molecule has 0 aliphatic carbocycles. The maximum absolute atomic E-state index is 11.8. The van der Waals surface area contributed by atoms with Crippen molar-refractivity contribution in [3.8, 4) is 5.75 Å². The van der Waals surface area contributed by atoms with Crippen LogP contribution in [0.1, 0.15) is 17.7 Å². The van der Waals surface area contributed by atoms with E-state index >= 15 is 0 Å². The van der Waals surface area contributed by atoms with Crippen molar-refractivity contribution in [3.63, 3.8) is 0 Å². The fraction of sp³-hybridized carbons (Fsp3) is 0.353. The summed E-state index contributed by atoms with van der Waals surface area (Å²) >= 11 is 0. The number of para-hydroxylation sites is 1. The molecule has 2 rings (SSSR count). The van der Waals surface area contributed by atoms with Gasteiger partial charge in [0.1, 0.15) is 5.75 Å². The largest absolute Gasteiger partial charge is 0.496 e. The Labute approximate surface area is 125 Å². The van der Waals surface area contributed by atoms with E-state index in [0.717, 1.165) is 24.2 Å². The Morgan fingerprint density at radius 2 is 2.00 bits per heavy atom. The molecule has 2 aromatic rings.